The van der Waals surface area contributed by atoms with Crippen LogP contribution in [0.25, 0.3) is 0 Å². The average Bonchev–Trinajstić information content (AvgIpc) is 1.85. The monoisotopic (exact) mass is 160 g/mol. The summed E-state index contributed by atoms with van der Waals surface area (Å²) in [4.78, 5) is 21.1. The quantitative estimate of drug-likeness (QED) is 0.353. The molecule has 0 unspecified atom stereocenters. The van der Waals surface area contributed by atoms with E-state index in [4.69, 9.17) is 11.6 Å². The van der Waals surface area contributed by atoms with Crippen LogP contribution >= 0.6 is 11.6 Å². The molecule has 0 aromatic heterocycles. The van der Waals surface area contributed by atoms with Gasteiger partial charge in [0.1, 0.15) is 5.78 Å². The van der Waals surface area contributed by atoms with Crippen molar-refractivity contribution in [3.8, 4) is 0 Å². The van der Waals surface area contributed by atoms with E-state index in [0.717, 1.165) is 0 Å². The van der Waals surface area contributed by atoms with Gasteiger partial charge >= 0.3 is 0 Å². The first-order chi connectivity index (χ1) is 4.57. The van der Waals surface area contributed by atoms with Gasteiger partial charge in [0, 0.05) is 5.57 Å². The number of halogens is 1. The molecule has 0 radical (unpaired) electrons. The molecule has 0 fully saturated rings. The van der Waals surface area contributed by atoms with E-state index in [2.05, 4.69) is 6.58 Å². The first-order valence-corrected chi connectivity index (χ1v) is 3.37. The van der Waals surface area contributed by atoms with Crippen LogP contribution < -0.4 is 0 Å². The molecule has 3 heteroatoms. The zero-order chi connectivity index (χ0) is 8.15. The molecule has 56 valence electrons. The van der Waals surface area contributed by atoms with Gasteiger partial charge in [0.15, 0.2) is 5.78 Å². The van der Waals surface area contributed by atoms with E-state index in [9.17, 15) is 9.59 Å². The Bertz CT molecular complexity index is 172. The van der Waals surface area contributed by atoms with Gasteiger partial charge in [-0.3, -0.25) is 9.59 Å². The Balaban J connectivity index is 3.86. The van der Waals surface area contributed by atoms with Gasteiger partial charge in [-0.15, -0.1) is 11.6 Å². The molecule has 0 amide bonds. The van der Waals surface area contributed by atoms with Crippen LogP contribution in [0.1, 0.15) is 13.3 Å². The van der Waals surface area contributed by atoms with E-state index in [1.54, 1.807) is 0 Å². The number of rotatable bonds is 4. The first kappa shape index (κ1) is 9.37. The molecule has 0 atom stereocenters. The number of allylic oxidation sites excluding steroid dienone is 1. The van der Waals surface area contributed by atoms with Crippen LogP contribution in [0.5, 0.6) is 0 Å². The number of carbonyl (C=O) groups is 2. The standard InChI is InChI=1S/C7H9ClO2/c1-5(4-8)7(10)3-6(2)9/h1,3-4H2,2H3. The maximum Gasteiger partial charge on any atom is 0.166 e. The van der Waals surface area contributed by atoms with Crippen LogP contribution in [0.2, 0.25) is 0 Å². The number of carbonyl (C=O) groups excluding carboxylic acids is 2. The van der Waals surface area contributed by atoms with Gasteiger partial charge in [0.05, 0.1) is 12.3 Å². The van der Waals surface area contributed by atoms with E-state index in [1.165, 1.54) is 6.92 Å². The lowest BCUT2D eigenvalue weighted by molar-refractivity contribution is -0.123. The van der Waals surface area contributed by atoms with Crippen LogP contribution in [0.15, 0.2) is 12.2 Å². The van der Waals surface area contributed by atoms with Crippen LogP contribution in [0.4, 0.5) is 0 Å². The fraction of sp³-hybridized carbons (Fsp3) is 0.429. The van der Waals surface area contributed by atoms with E-state index in [-0.39, 0.29) is 23.9 Å². The molecule has 0 aliphatic carbocycles. The molecule has 0 spiro atoms. The number of alkyl halides is 1. The lowest BCUT2D eigenvalue weighted by Gasteiger charge is -1.95. The summed E-state index contributed by atoms with van der Waals surface area (Å²) in [6, 6.07) is 0. The van der Waals surface area contributed by atoms with Gasteiger partial charge in [-0.2, -0.15) is 0 Å². The van der Waals surface area contributed by atoms with Crippen molar-refractivity contribution < 1.29 is 9.59 Å². The van der Waals surface area contributed by atoms with Crippen LogP contribution in [0.3, 0.4) is 0 Å². The molecule has 0 aromatic carbocycles. The number of ketones is 2. The van der Waals surface area contributed by atoms with Crippen LogP contribution in [0, 0.1) is 0 Å². The summed E-state index contributed by atoms with van der Waals surface area (Å²) >= 11 is 5.30. The summed E-state index contributed by atoms with van der Waals surface area (Å²) in [5.41, 5.74) is 0.303. The molecule has 2 nitrogen and oxygen atoms in total. The second-order valence-corrected chi connectivity index (χ2v) is 2.31. The second kappa shape index (κ2) is 4.23. The van der Waals surface area contributed by atoms with Crippen molar-refractivity contribution in [1.82, 2.24) is 0 Å². The predicted molar refractivity (Wildman–Crippen MR) is 40.2 cm³/mol. The topological polar surface area (TPSA) is 34.1 Å². The van der Waals surface area contributed by atoms with Crippen molar-refractivity contribution in [2.45, 2.75) is 13.3 Å². The fourth-order valence-corrected chi connectivity index (χ4v) is 0.575. The molecule has 0 aliphatic heterocycles. The highest BCUT2D eigenvalue weighted by molar-refractivity contribution is 6.23. The van der Waals surface area contributed by atoms with Crippen LogP contribution in [-0.2, 0) is 9.59 Å². The Hall–Kier alpha value is -0.630. The molecule has 0 saturated carbocycles. The summed E-state index contributed by atoms with van der Waals surface area (Å²) in [7, 11) is 0. The third-order valence-corrected chi connectivity index (χ3v) is 1.29. The van der Waals surface area contributed by atoms with Gasteiger partial charge in [0.25, 0.3) is 0 Å². The molecule has 0 aromatic rings. The fourth-order valence-electron chi connectivity index (χ4n) is 0.426. The zero-order valence-corrected chi connectivity index (χ0v) is 6.57. The van der Waals surface area contributed by atoms with Crippen molar-refractivity contribution in [2.24, 2.45) is 0 Å². The minimum absolute atomic E-state index is 0.0778. The van der Waals surface area contributed by atoms with Crippen molar-refractivity contribution in [3.63, 3.8) is 0 Å². The largest absolute Gasteiger partial charge is 0.300 e. The number of hydrogen-bond donors (Lipinski definition) is 0. The van der Waals surface area contributed by atoms with Gasteiger partial charge in [-0.25, -0.2) is 0 Å². The van der Waals surface area contributed by atoms with E-state index >= 15 is 0 Å². The Morgan fingerprint density at radius 1 is 1.50 bits per heavy atom. The van der Waals surface area contributed by atoms with Gasteiger partial charge in [0.2, 0.25) is 0 Å². The van der Waals surface area contributed by atoms with Gasteiger partial charge in [-0.05, 0) is 6.92 Å². The molecule has 0 N–H and O–H groups in total. The maximum atomic E-state index is 10.8. The number of hydrogen-bond acceptors (Lipinski definition) is 2. The van der Waals surface area contributed by atoms with Crippen LogP contribution in [-0.4, -0.2) is 17.4 Å². The lowest BCUT2D eigenvalue weighted by Crippen LogP contribution is -2.07. The molecule has 0 heterocycles. The predicted octanol–water partition coefficient (Wildman–Crippen LogP) is 1.33. The van der Waals surface area contributed by atoms with E-state index in [1.807, 2.05) is 0 Å². The molecule has 0 saturated heterocycles. The van der Waals surface area contributed by atoms with Gasteiger partial charge < -0.3 is 0 Å². The average molecular weight is 161 g/mol. The minimum atomic E-state index is -0.262. The van der Waals surface area contributed by atoms with Crippen molar-refractivity contribution in [1.29, 1.82) is 0 Å². The summed E-state index contributed by atoms with van der Waals surface area (Å²) in [6.07, 6.45) is -0.0778. The highest BCUT2D eigenvalue weighted by Gasteiger charge is 2.07. The third kappa shape index (κ3) is 3.41. The smallest absolute Gasteiger partial charge is 0.166 e. The van der Waals surface area contributed by atoms with Crippen molar-refractivity contribution >= 4 is 23.2 Å². The normalized spacial score (nSPS) is 9.00. The first-order valence-electron chi connectivity index (χ1n) is 2.84. The third-order valence-electron chi connectivity index (χ3n) is 0.965. The Morgan fingerprint density at radius 2 is 2.00 bits per heavy atom. The Morgan fingerprint density at radius 3 is 2.30 bits per heavy atom. The molecular weight excluding hydrogens is 152 g/mol. The highest BCUT2D eigenvalue weighted by atomic mass is 35.5. The second-order valence-electron chi connectivity index (χ2n) is 2.04. The minimum Gasteiger partial charge on any atom is -0.300 e. The van der Waals surface area contributed by atoms with Crippen molar-refractivity contribution in [2.75, 3.05) is 5.88 Å². The highest BCUT2D eigenvalue weighted by Crippen LogP contribution is 1.99. The summed E-state index contributed by atoms with van der Waals surface area (Å²) in [5.74, 6) is -0.315. The Labute approximate surface area is 64.9 Å². The Kier molecular flexibility index (Phi) is 3.96. The SMILES string of the molecule is C=C(CCl)C(=O)CC(C)=O. The van der Waals surface area contributed by atoms with Gasteiger partial charge in [-0.1, -0.05) is 6.58 Å². The number of Topliss-reactive ketones (excluding diaryl/α,β-unsaturated/α-hetero) is 2. The lowest BCUT2D eigenvalue weighted by atomic mass is 10.1. The molecule has 0 rings (SSSR count). The van der Waals surface area contributed by atoms with E-state index < -0.39 is 0 Å². The molecular formula is C7H9ClO2. The summed E-state index contributed by atoms with van der Waals surface area (Å²) in [5, 5.41) is 0. The summed E-state index contributed by atoms with van der Waals surface area (Å²) in [6.45, 7) is 4.75. The molecule has 10 heavy (non-hydrogen) atoms. The molecule has 0 bridgehead atoms. The maximum absolute atomic E-state index is 10.8. The summed E-state index contributed by atoms with van der Waals surface area (Å²) < 4.78 is 0. The van der Waals surface area contributed by atoms with E-state index in [0.29, 0.717) is 5.57 Å². The molecule has 0 aliphatic rings. The zero-order valence-electron chi connectivity index (χ0n) is 5.82. The van der Waals surface area contributed by atoms with Crippen molar-refractivity contribution in [3.05, 3.63) is 12.2 Å².